The fraction of sp³-hybridized carbons (Fsp3) is 0.533. The number of hydrogen-bond acceptors (Lipinski definition) is 3. The lowest BCUT2D eigenvalue weighted by Gasteiger charge is -2.23. The Kier molecular flexibility index (Phi) is 5.36. The monoisotopic (exact) mass is 264 g/mol. The second-order valence-electron chi connectivity index (χ2n) is 6.18. The van der Waals surface area contributed by atoms with Crippen LogP contribution in [0.5, 0.6) is 5.75 Å². The molecule has 4 nitrogen and oxygen atoms in total. The van der Waals surface area contributed by atoms with E-state index in [9.17, 15) is 9.90 Å². The maximum absolute atomic E-state index is 11.7. The molecule has 0 heterocycles. The van der Waals surface area contributed by atoms with Gasteiger partial charge in [0.05, 0.1) is 6.42 Å². The number of amides is 1. The molecule has 1 unspecified atom stereocenters. The molecule has 0 saturated heterocycles. The Morgan fingerprint density at radius 1 is 1.42 bits per heavy atom. The third-order valence-corrected chi connectivity index (χ3v) is 2.71. The lowest BCUT2D eigenvalue weighted by molar-refractivity contribution is -0.120. The number of phenolic OH excluding ortho intramolecular Hbond substituents is 1. The van der Waals surface area contributed by atoms with E-state index >= 15 is 0 Å². The third kappa shape index (κ3) is 6.82. The number of nitrogens with two attached hydrogens (primary N) is 1. The SMILES string of the molecule is CC(C)(C)CC(N)CNC(=O)Cc1cccc(O)c1. The summed E-state index contributed by atoms with van der Waals surface area (Å²) in [4.78, 5) is 11.7. The highest BCUT2D eigenvalue weighted by Crippen LogP contribution is 2.19. The summed E-state index contributed by atoms with van der Waals surface area (Å²) in [5.41, 5.74) is 6.93. The summed E-state index contributed by atoms with van der Waals surface area (Å²) >= 11 is 0. The molecule has 1 aromatic carbocycles. The molecule has 0 saturated carbocycles. The zero-order chi connectivity index (χ0) is 14.5. The normalized spacial score (nSPS) is 13.1. The summed E-state index contributed by atoms with van der Waals surface area (Å²) in [6, 6.07) is 6.68. The standard InChI is InChI=1S/C15H24N2O2/c1-15(2,3)9-12(16)10-17-14(19)8-11-5-4-6-13(18)7-11/h4-7,12,18H,8-10,16H2,1-3H3,(H,17,19). The van der Waals surface area contributed by atoms with E-state index in [1.54, 1.807) is 18.2 Å². The van der Waals surface area contributed by atoms with Gasteiger partial charge in [0.2, 0.25) is 5.91 Å². The first-order chi connectivity index (χ1) is 8.76. The number of aromatic hydroxyl groups is 1. The van der Waals surface area contributed by atoms with Crippen LogP contribution in [0.25, 0.3) is 0 Å². The molecule has 0 aromatic heterocycles. The van der Waals surface area contributed by atoms with Gasteiger partial charge in [-0.1, -0.05) is 32.9 Å². The Labute approximate surface area is 115 Å². The van der Waals surface area contributed by atoms with E-state index in [0.29, 0.717) is 6.54 Å². The van der Waals surface area contributed by atoms with Crippen LogP contribution in [-0.4, -0.2) is 23.6 Å². The topological polar surface area (TPSA) is 75.3 Å². The first-order valence-electron chi connectivity index (χ1n) is 6.56. The number of phenols is 1. The van der Waals surface area contributed by atoms with E-state index in [0.717, 1.165) is 12.0 Å². The molecule has 0 aliphatic heterocycles. The average Bonchev–Trinajstić information content (AvgIpc) is 2.24. The van der Waals surface area contributed by atoms with Crippen molar-refractivity contribution in [2.45, 2.75) is 39.7 Å². The van der Waals surface area contributed by atoms with Crippen molar-refractivity contribution >= 4 is 5.91 Å². The van der Waals surface area contributed by atoms with Gasteiger partial charge in [-0.3, -0.25) is 4.79 Å². The van der Waals surface area contributed by atoms with Gasteiger partial charge in [-0.25, -0.2) is 0 Å². The minimum Gasteiger partial charge on any atom is -0.508 e. The van der Waals surface area contributed by atoms with E-state index in [4.69, 9.17) is 5.73 Å². The van der Waals surface area contributed by atoms with Crippen LogP contribution in [0.2, 0.25) is 0 Å². The zero-order valence-electron chi connectivity index (χ0n) is 11.9. The number of hydrogen-bond donors (Lipinski definition) is 3. The minimum atomic E-state index is -0.0741. The molecule has 4 N–H and O–H groups in total. The molecule has 0 bridgehead atoms. The van der Waals surface area contributed by atoms with Crippen LogP contribution in [-0.2, 0) is 11.2 Å². The van der Waals surface area contributed by atoms with Crippen LogP contribution in [0.1, 0.15) is 32.8 Å². The largest absolute Gasteiger partial charge is 0.508 e. The fourth-order valence-electron chi connectivity index (χ4n) is 2.02. The molecule has 0 fully saturated rings. The van der Waals surface area contributed by atoms with Crippen molar-refractivity contribution in [3.05, 3.63) is 29.8 Å². The van der Waals surface area contributed by atoms with Crippen LogP contribution in [0.4, 0.5) is 0 Å². The fourth-order valence-corrected chi connectivity index (χ4v) is 2.02. The highest BCUT2D eigenvalue weighted by atomic mass is 16.3. The van der Waals surface area contributed by atoms with E-state index in [1.807, 2.05) is 6.07 Å². The molecular formula is C15H24N2O2. The molecule has 0 spiro atoms. The Morgan fingerprint density at radius 2 is 2.11 bits per heavy atom. The minimum absolute atomic E-state index is 0.0341. The summed E-state index contributed by atoms with van der Waals surface area (Å²) in [5, 5.41) is 12.1. The molecule has 1 atom stereocenters. The van der Waals surface area contributed by atoms with E-state index in [1.165, 1.54) is 0 Å². The molecule has 4 heteroatoms. The van der Waals surface area contributed by atoms with Crippen LogP contribution in [0.15, 0.2) is 24.3 Å². The van der Waals surface area contributed by atoms with Crippen molar-refractivity contribution in [3.8, 4) is 5.75 Å². The number of benzene rings is 1. The van der Waals surface area contributed by atoms with Crippen molar-refractivity contribution in [1.82, 2.24) is 5.32 Å². The van der Waals surface area contributed by atoms with Gasteiger partial charge in [-0.15, -0.1) is 0 Å². The summed E-state index contributed by atoms with van der Waals surface area (Å²) in [7, 11) is 0. The number of nitrogens with one attached hydrogen (secondary N) is 1. The van der Waals surface area contributed by atoms with Crippen molar-refractivity contribution in [3.63, 3.8) is 0 Å². The maximum atomic E-state index is 11.7. The number of carbonyl (C=O) groups is 1. The predicted molar refractivity (Wildman–Crippen MR) is 76.9 cm³/mol. The van der Waals surface area contributed by atoms with Gasteiger partial charge in [0, 0.05) is 12.6 Å². The molecule has 106 valence electrons. The van der Waals surface area contributed by atoms with Crippen LogP contribution < -0.4 is 11.1 Å². The van der Waals surface area contributed by atoms with Gasteiger partial charge in [-0.05, 0) is 29.5 Å². The quantitative estimate of drug-likeness (QED) is 0.759. The van der Waals surface area contributed by atoms with Crippen molar-refractivity contribution in [2.75, 3.05) is 6.54 Å². The van der Waals surface area contributed by atoms with Crippen molar-refractivity contribution < 1.29 is 9.90 Å². The van der Waals surface area contributed by atoms with Gasteiger partial charge < -0.3 is 16.2 Å². The Hall–Kier alpha value is -1.55. The van der Waals surface area contributed by atoms with E-state index in [-0.39, 0.29) is 29.5 Å². The Balaban J connectivity index is 2.36. The molecule has 0 aliphatic carbocycles. The average molecular weight is 264 g/mol. The van der Waals surface area contributed by atoms with Crippen molar-refractivity contribution in [2.24, 2.45) is 11.1 Å². The zero-order valence-corrected chi connectivity index (χ0v) is 11.9. The first kappa shape index (κ1) is 15.5. The number of carbonyl (C=O) groups excluding carboxylic acids is 1. The molecule has 0 aliphatic rings. The van der Waals surface area contributed by atoms with Crippen molar-refractivity contribution in [1.29, 1.82) is 0 Å². The lowest BCUT2D eigenvalue weighted by atomic mass is 9.88. The molecule has 0 radical (unpaired) electrons. The van der Waals surface area contributed by atoms with Crippen LogP contribution >= 0.6 is 0 Å². The smallest absolute Gasteiger partial charge is 0.224 e. The summed E-state index contributed by atoms with van der Waals surface area (Å²) < 4.78 is 0. The Morgan fingerprint density at radius 3 is 2.68 bits per heavy atom. The second kappa shape index (κ2) is 6.57. The van der Waals surface area contributed by atoms with Crippen LogP contribution in [0, 0.1) is 5.41 Å². The molecule has 1 amide bonds. The summed E-state index contributed by atoms with van der Waals surface area (Å²) in [6.45, 7) is 6.86. The van der Waals surface area contributed by atoms with Gasteiger partial charge in [0.25, 0.3) is 0 Å². The number of rotatable bonds is 5. The van der Waals surface area contributed by atoms with Gasteiger partial charge in [-0.2, -0.15) is 0 Å². The van der Waals surface area contributed by atoms with Gasteiger partial charge in [0.15, 0.2) is 0 Å². The molecular weight excluding hydrogens is 240 g/mol. The third-order valence-electron chi connectivity index (χ3n) is 2.71. The predicted octanol–water partition coefficient (Wildman–Crippen LogP) is 1.81. The summed E-state index contributed by atoms with van der Waals surface area (Å²) in [5.74, 6) is 0.102. The molecule has 1 rings (SSSR count). The molecule has 1 aromatic rings. The lowest BCUT2D eigenvalue weighted by Crippen LogP contribution is -2.39. The maximum Gasteiger partial charge on any atom is 0.224 e. The van der Waals surface area contributed by atoms with Gasteiger partial charge in [0.1, 0.15) is 5.75 Å². The highest BCUT2D eigenvalue weighted by molar-refractivity contribution is 5.78. The van der Waals surface area contributed by atoms with E-state index in [2.05, 4.69) is 26.1 Å². The summed E-state index contributed by atoms with van der Waals surface area (Å²) in [6.07, 6.45) is 1.12. The second-order valence-corrected chi connectivity index (χ2v) is 6.18. The van der Waals surface area contributed by atoms with E-state index < -0.39 is 0 Å². The molecule has 19 heavy (non-hydrogen) atoms. The highest BCUT2D eigenvalue weighted by Gasteiger charge is 2.16. The Bertz CT molecular complexity index is 424. The first-order valence-corrected chi connectivity index (χ1v) is 6.56. The van der Waals surface area contributed by atoms with Crippen LogP contribution in [0.3, 0.4) is 0 Å². The van der Waals surface area contributed by atoms with Gasteiger partial charge >= 0.3 is 0 Å².